The fraction of sp³-hybridized carbons (Fsp3) is 0. The number of rotatable bonds is 1. The first-order chi connectivity index (χ1) is 7.84. The van der Waals surface area contributed by atoms with Crippen molar-refractivity contribution in [1.29, 1.82) is 0 Å². The highest BCUT2D eigenvalue weighted by Crippen LogP contribution is 2.13. The van der Waals surface area contributed by atoms with Gasteiger partial charge in [-0.1, -0.05) is 6.07 Å². The molecule has 0 aliphatic carbocycles. The molecule has 0 saturated carbocycles. The second kappa shape index (κ2) is 3.30. The van der Waals surface area contributed by atoms with Gasteiger partial charge in [0, 0.05) is 24.0 Å². The van der Waals surface area contributed by atoms with Crippen LogP contribution in [0.4, 0.5) is 0 Å². The molecule has 3 aromatic heterocycles. The van der Waals surface area contributed by atoms with Gasteiger partial charge in [-0.25, -0.2) is 4.98 Å². The predicted octanol–water partition coefficient (Wildman–Crippen LogP) is 1.08. The summed E-state index contributed by atoms with van der Waals surface area (Å²) in [7, 11) is 0. The van der Waals surface area contributed by atoms with E-state index in [2.05, 4.69) is 15.1 Å². The third-order valence-electron chi connectivity index (χ3n) is 2.33. The van der Waals surface area contributed by atoms with Crippen molar-refractivity contribution < 1.29 is 0 Å². The maximum absolute atomic E-state index is 11.5. The number of fused-ring (bicyclic) bond motifs is 1. The molecule has 0 fully saturated rings. The second-order valence-corrected chi connectivity index (χ2v) is 3.37. The molecule has 5 nitrogen and oxygen atoms in total. The van der Waals surface area contributed by atoms with Crippen LogP contribution in [-0.2, 0) is 0 Å². The van der Waals surface area contributed by atoms with Crippen molar-refractivity contribution in [3.63, 3.8) is 0 Å². The molecule has 0 radical (unpaired) electrons. The lowest BCUT2D eigenvalue weighted by molar-refractivity contribution is 0.924. The second-order valence-electron chi connectivity index (χ2n) is 3.37. The number of hydrogen-bond acceptors (Lipinski definition) is 3. The fourth-order valence-corrected chi connectivity index (χ4v) is 1.56. The number of aromatic nitrogens is 4. The number of aromatic amines is 1. The molecule has 0 aromatic carbocycles. The number of hydrogen-bond donors (Lipinski definition) is 1. The lowest BCUT2D eigenvalue weighted by Gasteiger charge is -1.92. The van der Waals surface area contributed by atoms with Gasteiger partial charge in [-0.05, 0) is 18.2 Å². The fourth-order valence-electron chi connectivity index (χ4n) is 1.56. The summed E-state index contributed by atoms with van der Waals surface area (Å²) >= 11 is 0. The van der Waals surface area contributed by atoms with E-state index in [4.69, 9.17) is 0 Å². The van der Waals surface area contributed by atoms with Crippen molar-refractivity contribution in [2.75, 3.05) is 0 Å². The summed E-state index contributed by atoms with van der Waals surface area (Å²) in [6.45, 7) is 0. The van der Waals surface area contributed by atoms with E-state index in [0.29, 0.717) is 11.5 Å². The number of H-pyrrole nitrogens is 1. The lowest BCUT2D eigenvalue weighted by atomic mass is 10.3. The molecule has 3 rings (SSSR count). The summed E-state index contributed by atoms with van der Waals surface area (Å²) in [4.78, 5) is 19.8. The molecular formula is C11H8N4O. The zero-order chi connectivity index (χ0) is 11.0. The molecule has 1 N–H and O–H groups in total. The summed E-state index contributed by atoms with van der Waals surface area (Å²) < 4.78 is 1.41. The van der Waals surface area contributed by atoms with Crippen LogP contribution in [0.1, 0.15) is 0 Å². The first-order valence-corrected chi connectivity index (χ1v) is 4.83. The molecule has 0 saturated heterocycles. The number of nitrogens with one attached hydrogen (secondary N) is 1. The van der Waals surface area contributed by atoms with Crippen LogP contribution in [0.25, 0.3) is 17.0 Å². The quantitative estimate of drug-likeness (QED) is 0.656. The van der Waals surface area contributed by atoms with Gasteiger partial charge in [-0.3, -0.25) is 14.9 Å². The molecule has 0 unspecified atom stereocenters. The summed E-state index contributed by atoms with van der Waals surface area (Å²) in [5.41, 5.74) is 1.39. The Bertz CT molecular complexity index is 684. The van der Waals surface area contributed by atoms with E-state index in [-0.39, 0.29) is 5.56 Å². The third-order valence-corrected chi connectivity index (χ3v) is 2.33. The maximum Gasteiger partial charge on any atom is 0.271 e. The molecule has 0 bridgehead atoms. The molecule has 0 amide bonds. The topological polar surface area (TPSA) is 63.0 Å². The van der Waals surface area contributed by atoms with E-state index in [9.17, 15) is 4.79 Å². The molecule has 0 aliphatic heterocycles. The molecule has 3 aromatic rings. The minimum absolute atomic E-state index is 0.120. The Kier molecular flexibility index (Phi) is 1.83. The van der Waals surface area contributed by atoms with Crippen molar-refractivity contribution in [3.8, 4) is 11.4 Å². The average Bonchev–Trinajstić information content (AvgIpc) is 2.76. The molecule has 0 atom stereocenters. The van der Waals surface area contributed by atoms with Crippen molar-refractivity contribution >= 4 is 5.65 Å². The summed E-state index contributed by atoms with van der Waals surface area (Å²) in [5, 5.41) is 2.95. The maximum atomic E-state index is 11.5. The van der Waals surface area contributed by atoms with Crippen molar-refractivity contribution in [2.24, 2.45) is 0 Å². The summed E-state index contributed by atoms with van der Waals surface area (Å²) in [5.74, 6) is 0.658. The van der Waals surface area contributed by atoms with Gasteiger partial charge in [0.05, 0.1) is 0 Å². The van der Waals surface area contributed by atoms with Gasteiger partial charge in [-0.15, -0.1) is 0 Å². The van der Waals surface area contributed by atoms with Gasteiger partial charge in [0.15, 0.2) is 11.5 Å². The predicted molar refractivity (Wildman–Crippen MR) is 59.0 cm³/mol. The van der Waals surface area contributed by atoms with Crippen LogP contribution in [0.2, 0.25) is 0 Å². The van der Waals surface area contributed by atoms with Gasteiger partial charge < -0.3 is 0 Å². The molecule has 0 aliphatic rings. The smallest absolute Gasteiger partial charge is 0.271 e. The normalized spacial score (nSPS) is 10.8. The van der Waals surface area contributed by atoms with E-state index in [1.807, 2.05) is 12.1 Å². The Morgan fingerprint density at radius 1 is 1.12 bits per heavy atom. The van der Waals surface area contributed by atoms with Crippen molar-refractivity contribution in [1.82, 2.24) is 19.6 Å². The van der Waals surface area contributed by atoms with Crippen LogP contribution >= 0.6 is 0 Å². The molecule has 3 heterocycles. The molecule has 0 spiro atoms. The highest BCUT2D eigenvalue weighted by atomic mass is 16.1. The van der Waals surface area contributed by atoms with Crippen LogP contribution < -0.4 is 5.56 Å². The standard InChI is InChI=1S/C11H8N4O/c16-10-3-1-2-9-13-11(14-15(9)10)8-4-6-12-7-5-8/h1-7H,(H,13,14). The van der Waals surface area contributed by atoms with Crippen molar-refractivity contribution in [3.05, 3.63) is 53.1 Å². The highest BCUT2D eigenvalue weighted by Gasteiger charge is 2.04. The Morgan fingerprint density at radius 2 is 1.94 bits per heavy atom. The SMILES string of the molecule is O=c1cccc2nc(-c3ccncc3)[nH]n12. The van der Waals surface area contributed by atoms with E-state index in [1.54, 1.807) is 24.5 Å². The lowest BCUT2D eigenvalue weighted by Crippen LogP contribution is -2.11. The van der Waals surface area contributed by atoms with Crippen molar-refractivity contribution in [2.45, 2.75) is 0 Å². The van der Waals surface area contributed by atoms with Crippen LogP contribution in [0.3, 0.4) is 0 Å². The molecule has 16 heavy (non-hydrogen) atoms. The van der Waals surface area contributed by atoms with Gasteiger partial charge in [0.2, 0.25) is 0 Å². The average molecular weight is 212 g/mol. The Hall–Kier alpha value is -2.43. The highest BCUT2D eigenvalue weighted by molar-refractivity contribution is 5.56. The van der Waals surface area contributed by atoms with Crippen LogP contribution in [0.5, 0.6) is 0 Å². The van der Waals surface area contributed by atoms with E-state index in [1.165, 1.54) is 10.6 Å². The van der Waals surface area contributed by atoms with Crippen LogP contribution in [-0.4, -0.2) is 19.6 Å². The Labute approximate surface area is 90.4 Å². The first kappa shape index (κ1) is 8.84. The molecule has 78 valence electrons. The summed E-state index contributed by atoms with van der Waals surface area (Å²) in [6, 6.07) is 8.63. The van der Waals surface area contributed by atoms with Gasteiger partial charge >= 0.3 is 0 Å². The molecule has 5 heteroatoms. The van der Waals surface area contributed by atoms with Gasteiger partial charge in [0.1, 0.15) is 0 Å². The van der Waals surface area contributed by atoms with Gasteiger partial charge in [0.25, 0.3) is 5.56 Å². The van der Waals surface area contributed by atoms with E-state index in [0.717, 1.165) is 5.56 Å². The number of pyridine rings is 2. The first-order valence-electron chi connectivity index (χ1n) is 4.83. The Balaban J connectivity index is 2.28. The van der Waals surface area contributed by atoms with E-state index < -0.39 is 0 Å². The number of nitrogens with zero attached hydrogens (tertiary/aromatic N) is 3. The summed E-state index contributed by atoms with van der Waals surface area (Å²) in [6.07, 6.45) is 3.37. The van der Waals surface area contributed by atoms with Crippen LogP contribution in [0.15, 0.2) is 47.5 Å². The zero-order valence-corrected chi connectivity index (χ0v) is 8.29. The minimum Gasteiger partial charge on any atom is -0.272 e. The zero-order valence-electron chi connectivity index (χ0n) is 8.29. The van der Waals surface area contributed by atoms with Crippen LogP contribution in [0, 0.1) is 0 Å². The Morgan fingerprint density at radius 3 is 2.69 bits per heavy atom. The molecular weight excluding hydrogens is 204 g/mol. The minimum atomic E-state index is -0.120. The third kappa shape index (κ3) is 1.30. The van der Waals surface area contributed by atoms with Gasteiger partial charge in [-0.2, -0.15) is 4.52 Å². The monoisotopic (exact) mass is 212 g/mol. The van der Waals surface area contributed by atoms with E-state index >= 15 is 0 Å². The largest absolute Gasteiger partial charge is 0.272 e.